The van der Waals surface area contributed by atoms with Crippen LogP contribution in [0.4, 0.5) is 0 Å². The Morgan fingerprint density at radius 3 is 3.00 bits per heavy atom. The van der Waals surface area contributed by atoms with Gasteiger partial charge in [-0.2, -0.15) is 0 Å². The van der Waals surface area contributed by atoms with Gasteiger partial charge in [0.05, 0.1) is 10.7 Å². The fourth-order valence-corrected chi connectivity index (χ4v) is 1.75. The zero-order valence-electron chi connectivity index (χ0n) is 7.08. The first kappa shape index (κ1) is 9.92. The van der Waals surface area contributed by atoms with E-state index >= 15 is 0 Å². The van der Waals surface area contributed by atoms with Gasteiger partial charge < -0.3 is 0 Å². The Balaban J connectivity index is 2.83. The second kappa shape index (κ2) is 3.86. The van der Waals surface area contributed by atoms with Gasteiger partial charge in [-0.25, -0.2) is 4.98 Å². The van der Waals surface area contributed by atoms with Crippen LogP contribution in [0.5, 0.6) is 0 Å². The van der Waals surface area contributed by atoms with E-state index in [4.69, 9.17) is 11.6 Å². The summed E-state index contributed by atoms with van der Waals surface area (Å²) in [5, 5.41) is 0.531. The van der Waals surface area contributed by atoms with Gasteiger partial charge in [-0.05, 0) is 12.1 Å². The van der Waals surface area contributed by atoms with Crippen LogP contribution in [0.3, 0.4) is 0 Å². The SMILES string of the molecule is O=c1cc(CI)nc2ccc(Cl)cn12. The number of hydrogen-bond donors (Lipinski definition) is 0. The summed E-state index contributed by atoms with van der Waals surface area (Å²) in [4.78, 5) is 15.9. The first-order valence-electron chi connectivity index (χ1n) is 3.94. The molecule has 72 valence electrons. The van der Waals surface area contributed by atoms with Crippen LogP contribution in [0, 0.1) is 0 Å². The Morgan fingerprint density at radius 1 is 1.50 bits per heavy atom. The van der Waals surface area contributed by atoms with E-state index in [0.29, 0.717) is 10.7 Å². The molecule has 0 saturated carbocycles. The van der Waals surface area contributed by atoms with Crippen LogP contribution in [0.2, 0.25) is 5.02 Å². The molecule has 5 heteroatoms. The van der Waals surface area contributed by atoms with E-state index in [1.807, 2.05) is 0 Å². The van der Waals surface area contributed by atoms with Crippen molar-refractivity contribution in [3.8, 4) is 0 Å². The van der Waals surface area contributed by atoms with Gasteiger partial charge in [-0.3, -0.25) is 9.20 Å². The minimum absolute atomic E-state index is 0.0934. The topological polar surface area (TPSA) is 34.4 Å². The van der Waals surface area contributed by atoms with Crippen LogP contribution in [-0.4, -0.2) is 9.38 Å². The third-order valence-corrected chi connectivity index (χ3v) is 2.82. The Morgan fingerprint density at radius 2 is 2.29 bits per heavy atom. The highest BCUT2D eigenvalue weighted by Crippen LogP contribution is 2.09. The lowest BCUT2D eigenvalue weighted by atomic mass is 10.4. The second-order valence-corrected chi connectivity index (χ2v) is 3.99. The molecule has 3 nitrogen and oxygen atoms in total. The molecule has 0 saturated heterocycles. The molecular formula is C9H6ClIN2O. The van der Waals surface area contributed by atoms with Gasteiger partial charge in [0.15, 0.2) is 0 Å². The van der Waals surface area contributed by atoms with E-state index < -0.39 is 0 Å². The summed E-state index contributed by atoms with van der Waals surface area (Å²) in [6.07, 6.45) is 1.57. The standard InChI is InChI=1S/C9H6ClIN2O/c10-6-1-2-8-12-7(4-11)3-9(14)13(8)5-6/h1-3,5H,4H2. The van der Waals surface area contributed by atoms with Crippen LogP contribution >= 0.6 is 34.2 Å². The summed E-state index contributed by atoms with van der Waals surface area (Å²) < 4.78 is 2.17. The van der Waals surface area contributed by atoms with Crippen molar-refractivity contribution in [2.75, 3.05) is 0 Å². The summed E-state index contributed by atoms with van der Waals surface area (Å²) in [5.74, 6) is 0. The molecule has 0 amide bonds. The highest BCUT2D eigenvalue weighted by atomic mass is 127. The minimum Gasteiger partial charge on any atom is -0.269 e. The molecule has 2 heterocycles. The van der Waals surface area contributed by atoms with Crippen LogP contribution in [0.25, 0.3) is 5.65 Å². The maximum atomic E-state index is 11.6. The number of pyridine rings is 1. The van der Waals surface area contributed by atoms with Crippen LogP contribution < -0.4 is 5.56 Å². The van der Waals surface area contributed by atoms with Crippen molar-refractivity contribution < 1.29 is 0 Å². The summed E-state index contributed by atoms with van der Waals surface area (Å²) >= 11 is 7.95. The molecule has 0 atom stereocenters. The lowest BCUT2D eigenvalue weighted by Crippen LogP contribution is -2.14. The number of nitrogens with zero attached hydrogens (tertiary/aromatic N) is 2. The largest absolute Gasteiger partial charge is 0.269 e. The average Bonchev–Trinajstić information content (AvgIpc) is 2.19. The van der Waals surface area contributed by atoms with Gasteiger partial charge >= 0.3 is 0 Å². The van der Waals surface area contributed by atoms with E-state index in [9.17, 15) is 4.79 Å². The minimum atomic E-state index is -0.0934. The fourth-order valence-electron chi connectivity index (χ4n) is 1.19. The van der Waals surface area contributed by atoms with Gasteiger partial charge in [0.2, 0.25) is 0 Å². The molecule has 0 aliphatic carbocycles. The first-order chi connectivity index (χ1) is 6.70. The monoisotopic (exact) mass is 320 g/mol. The van der Waals surface area contributed by atoms with E-state index in [-0.39, 0.29) is 5.56 Å². The third kappa shape index (κ3) is 1.76. The number of aromatic nitrogens is 2. The molecule has 14 heavy (non-hydrogen) atoms. The third-order valence-electron chi connectivity index (χ3n) is 1.81. The Kier molecular flexibility index (Phi) is 2.73. The lowest BCUT2D eigenvalue weighted by molar-refractivity contribution is 1.02. The first-order valence-corrected chi connectivity index (χ1v) is 5.85. The van der Waals surface area contributed by atoms with Crippen molar-refractivity contribution in [1.29, 1.82) is 0 Å². The number of fused-ring (bicyclic) bond motifs is 1. The van der Waals surface area contributed by atoms with Crippen molar-refractivity contribution in [3.05, 3.63) is 45.5 Å². The molecular weight excluding hydrogens is 314 g/mol. The van der Waals surface area contributed by atoms with E-state index in [0.717, 1.165) is 10.1 Å². The molecule has 2 aromatic heterocycles. The van der Waals surface area contributed by atoms with Crippen molar-refractivity contribution in [2.24, 2.45) is 0 Å². The van der Waals surface area contributed by atoms with Gasteiger partial charge in [0.25, 0.3) is 5.56 Å². The second-order valence-electron chi connectivity index (χ2n) is 2.79. The molecule has 0 aromatic carbocycles. The highest BCUT2D eigenvalue weighted by molar-refractivity contribution is 14.1. The van der Waals surface area contributed by atoms with Gasteiger partial charge in [0.1, 0.15) is 5.65 Å². The quantitative estimate of drug-likeness (QED) is 0.597. The van der Waals surface area contributed by atoms with Crippen molar-refractivity contribution in [2.45, 2.75) is 4.43 Å². The summed E-state index contributed by atoms with van der Waals surface area (Å²) in [5.41, 5.74) is 1.33. The molecule has 2 rings (SSSR count). The van der Waals surface area contributed by atoms with Crippen LogP contribution in [0.1, 0.15) is 5.69 Å². The molecule has 0 fully saturated rings. The van der Waals surface area contributed by atoms with Crippen molar-refractivity contribution in [3.63, 3.8) is 0 Å². The molecule has 0 aliphatic rings. The lowest BCUT2D eigenvalue weighted by Gasteiger charge is -2.01. The maximum Gasteiger partial charge on any atom is 0.258 e. The zero-order chi connectivity index (χ0) is 10.1. The van der Waals surface area contributed by atoms with Gasteiger partial charge in [-0.1, -0.05) is 34.2 Å². The molecule has 0 aliphatic heterocycles. The molecule has 0 spiro atoms. The fraction of sp³-hybridized carbons (Fsp3) is 0.111. The normalized spacial score (nSPS) is 10.7. The van der Waals surface area contributed by atoms with E-state index in [1.165, 1.54) is 10.5 Å². The summed E-state index contributed by atoms with van der Waals surface area (Å²) in [7, 11) is 0. The smallest absolute Gasteiger partial charge is 0.258 e. The molecule has 0 bridgehead atoms. The summed E-state index contributed by atoms with van der Waals surface area (Å²) in [6.45, 7) is 0. The number of hydrogen-bond acceptors (Lipinski definition) is 2. The Bertz CT molecular complexity index is 538. The number of rotatable bonds is 1. The van der Waals surface area contributed by atoms with Gasteiger partial charge in [-0.15, -0.1) is 0 Å². The maximum absolute atomic E-state index is 11.6. The predicted octanol–water partition coefficient (Wildman–Crippen LogP) is 2.28. The zero-order valence-corrected chi connectivity index (χ0v) is 9.99. The van der Waals surface area contributed by atoms with Crippen LogP contribution in [0.15, 0.2) is 29.2 Å². The molecule has 0 N–H and O–H groups in total. The van der Waals surface area contributed by atoms with Crippen molar-refractivity contribution in [1.82, 2.24) is 9.38 Å². The van der Waals surface area contributed by atoms with E-state index in [1.54, 1.807) is 18.3 Å². The highest BCUT2D eigenvalue weighted by Gasteiger charge is 2.01. The Hall–Kier alpha value is -0.620. The van der Waals surface area contributed by atoms with Crippen molar-refractivity contribution >= 4 is 39.8 Å². The number of halogens is 2. The molecule has 0 radical (unpaired) electrons. The Labute approximate surface area is 98.9 Å². The number of alkyl halides is 1. The average molecular weight is 321 g/mol. The molecule has 2 aromatic rings. The van der Waals surface area contributed by atoms with Crippen LogP contribution in [-0.2, 0) is 4.43 Å². The van der Waals surface area contributed by atoms with Gasteiger partial charge in [0, 0.05) is 16.7 Å². The predicted molar refractivity (Wildman–Crippen MR) is 64.2 cm³/mol. The van der Waals surface area contributed by atoms with E-state index in [2.05, 4.69) is 27.6 Å². The summed E-state index contributed by atoms with van der Waals surface area (Å²) in [6, 6.07) is 4.98. The molecule has 0 unspecified atom stereocenters.